The molecule has 0 saturated heterocycles. The lowest BCUT2D eigenvalue weighted by molar-refractivity contribution is 1.70. The molecule has 0 spiro atoms. The van der Waals surface area contributed by atoms with Gasteiger partial charge >= 0.3 is 0 Å². The Kier molecular flexibility index (Phi) is 3.25. The lowest BCUT2D eigenvalue weighted by atomic mass is 10.1. The number of hydrogen-bond donors (Lipinski definition) is 0. The molecule has 1 aromatic heterocycles. The average Bonchev–Trinajstić information content (AvgIpc) is 2.72. The van der Waals surface area contributed by atoms with Gasteiger partial charge < -0.3 is 0 Å². The van der Waals surface area contributed by atoms with Crippen molar-refractivity contribution in [3.8, 4) is 10.4 Å². The molecular weight excluding hydrogens is 307 g/mol. The molecule has 0 atom stereocenters. The van der Waals surface area contributed by atoms with Crippen LogP contribution >= 0.6 is 46.1 Å². The molecule has 0 fully saturated rings. The molecular formula is C14H7Cl3S. The third-order valence-electron chi connectivity index (χ3n) is 2.74. The minimum Gasteiger partial charge on any atom is -0.142 e. The molecule has 0 nitrogen and oxygen atoms in total. The molecule has 90 valence electrons. The average molecular weight is 314 g/mol. The van der Waals surface area contributed by atoms with E-state index < -0.39 is 0 Å². The van der Waals surface area contributed by atoms with Gasteiger partial charge in [-0.25, -0.2) is 0 Å². The molecule has 0 aliphatic heterocycles. The molecule has 0 N–H and O–H groups in total. The van der Waals surface area contributed by atoms with Gasteiger partial charge in [-0.3, -0.25) is 0 Å². The van der Waals surface area contributed by atoms with Gasteiger partial charge in [0.25, 0.3) is 0 Å². The van der Waals surface area contributed by atoms with E-state index in [0.29, 0.717) is 10.0 Å². The van der Waals surface area contributed by atoms with Gasteiger partial charge in [-0.05, 0) is 35.0 Å². The first kappa shape index (κ1) is 12.3. The SMILES string of the molecule is Clc1ccc(-c2scc3cc(Cl)ccc23)c(Cl)c1. The van der Waals surface area contributed by atoms with Crippen molar-refractivity contribution < 1.29 is 0 Å². The maximum atomic E-state index is 6.25. The number of thiophene rings is 1. The van der Waals surface area contributed by atoms with Crippen LogP contribution in [0.3, 0.4) is 0 Å². The Hall–Kier alpha value is -0.730. The Morgan fingerprint density at radius 3 is 2.33 bits per heavy atom. The molecule has 0 radical (unpaired) electrons. The van der Waals surface area contributed by atoms with E-state index in [9.17, 15) is 0 Å². The van der Waals surface area contributed by atoms with Gasteiger partial charge in [-0.1, -0.05) is 46.9 Å². The molecule has 18 heavy (non-hydrogen) atoms. The highest BCUT2D eigenvalue weighted by Gasteiger charge is 2.10. The van der Waals surface area contributed by atoms with Crippen molar-refractivity contribution in [2.75, 3.05) is 0 Å². The summed E-state index contributed by atoms with van der Waals surface area (Å²) < 4.78 is 0. The van der Waals surface area contributed by atoms with Crippen LogP contribution in [0.5, 0.6) is 0 Å². The molecule has 0 unspecified atom stereocenters. The summed E-state index contributed by atoms with van der Waals surface area (Å²) in [6.45, 7) is 0. The van der Waals surface area contributed by atoms with Gasteiger partial charge in [-0.2, -0.15) is 0 Å². The number of halogens is 3. The number of fused-ring (bicyclic) bond motifs is 1. The van der Waals surface area contributed by atoms with E-state index in [1.807, 2.05) is 30.3 Å². The van der Waals surface area contributed by atoms with Crippen molar-refractivity contribution in [2.24, 2.45) is 0 Å². The van der Waals surface area contributed by atoms with E-state index in [-0.39, 0.29) is 0 Å². The van der Waals surface area contributed by atoms with E-state index in [4.69, 9.17) is 34.8 Å². The van der Waals surface area contributed by atoms with Gasteiger partial charge in [-0.15, -0.1) is 11.3 Å². The highest BCUT2D eigenvalue weighted by atomic mass is 35.5. The van der Waals surface area contributed by atoms with Crippen LogP contribution < -0.4 is 0 Å². The van der Waals surface area contributed by atoms with E-state index >= 15 is 0 Å². The predicted octanol–water partition coefficient (Wildman–Crippen LogP) is 6.53. The van der Waals surface area contributed by atoms with Crippen LogP contribution in [0.15, 0.2) is 41.8 Å². The van der Waals surface area contributed by atoms with Crippen LogP contribution in [0.2, 0.25) is 15.1 Å². The molecule has 0 saturated carbocycles. The van der Waals surface area contributed by atoms with Gasteiger partial charge in [0.05, 0.1) is 5.02 Å². The second-order valence-electron chi connectivity index (χ2n) is 3.92. The Morgan fingerprint density at radius 1 is 0.833 bits per heavy atom. The summed E-state index contributed by atoms with van der Waals surface area (Å²) in [4.78, 5) is 1.14. The van der Waals surface area contributed by atoms with E-state index in [0.717, 1.165) is 26.2 Å². The lowest BCUT2D eigenvalue weighted by Crippen LogP contribution is -1.77. The maximum absolute atomic E-state index is 6.25. The first-order valence-corrected chi connectivity index (χ1v) is 7.29. The molecule has 3 aromatic rings. The normalized spacial score (nSPS) is 11.1. The molecule has 0 aliphatic rings. The third kappa shape index (κ3) is 2.12. The van der Waals surface area contributed by atoms with Gasteiger partial charge in [0.15, 0.2) is 0 Å². The smallest absolute Gasteiger partial charge is 0.0507 e. The fourth-order valence-corrected chi connectivity index (χ4v) is 3.70. The Morgan fingerprint density at radius 2 is 1.56 bits per heavy atom. The summed E-state index contributed by atoms with van der Waals surface area (Å²) in [6.07, 6.45) is 0. The first-order chi connectivity index (χ1) is 8.65. The fraction of sp³-hybridized carbons (Fsp3) is 0. The van der Waals surface area contributed by atoms with Crippen LogP contribution in [0, 0.1) is 0 Å². The monoisotopic (exact) mass is 312 g/mol. The highest BCUT2D eigenvalue weighted by Crippen LogP contribution is 2.39. The molecule has 3 rings (SSSR count). The summed E-state index contributed by atoms with van der Waals surface area (Å²) in [5.41, 5.74) is 1.00. The van der Waals surface area contributed by atoms with Crippen molar-refractivity contribution in [1.29, 1.82) is 0 Å². The number of benzene rings is 2. The lowest BCUT2D eigenvalue weighted by Gasteiger charge is -2.03. The van der Waals surface area contributed by atoms with Gasteiger partial charge in [0.2, 0.25) is 0 Å². The van der Waals surface area contributed by atoms with E-state index in [2.05, 4.69) is 5.38 Å². The zero-order valence-corrected chi connectivity index (χ0v) is 12.2. The van der Waals surface area contributed by atoms with Crippen LogP contribution in [0.4, 0.5) is 0 Å². The zero-order chi connectivity index (χ0) is 12.7. The van der Waals surface area contributed by atoms with Crippen LogP contribution in [-0.2, 0) is 0 Å². The summed E-state index contributed by atoms with van der Waals surface area (Å²) in [5.74, 6) is 0. The summed E-state index contributed by atoms with van der Waals surface area (Å²) >= 11 is 19.8. The number of rotatable bonds is 1. The minimum absolute atomic E-state index is 0.646. The molecule has 0 aliphatic carbocycles. The molecule has 0 bridgehead atoms. The molecule has 0 amide bonds. The Balaban J connectivity index is 2.25. The minimum atomic E-state index is 0.646. The quantitative estimate of drug-likeness (QED) is 0.479. The van der Waals surface area contributed by atoms with Crippen LogP contribution in [-0.4, -0.2) is 0 Å². The summed E-state index contributed by atoms with van der Waals surface area (Å²) in [5, 5.41) is 6.44. The van der Waals surface area contributed by atoms with E-state index in [1.165, 1.54) is 0 Å². The second kappa shape index (κ2) is 4.75. The molecule has 2 aromatic carbocycles. The van der Waals surface area contributed by atoms with Crippen molar-refractivity contribution >= 4 is 56.9 Å². The van der Waals surface area contributed by atoms with Crippen molar-refractivity contribution in [3.05, 3.63) is 56.8 Å². The molecule has 1 heterocycles. The Labute approximate surface area is 124 Å². The van der Waals surface area contributed by atoms with Crippen LogP contribution in [0.1, 0.15) is 0 Å². The van der Waals surface area contributed by atoms with Gasteiger partial charge in [0, 0.05) is 25.9 Å². The fourth-order valence-electron chi connectivity index (χ4n) is 1.91. The zero-order valence-electron chi connectivity index (χ0n) is 9.08. The van der Waals surface area contributed by atoms with Crippen molar-refractivity contribution in [3.63, 3.8) is 0 Å². The first-order valence-electron chi connectivity index (χ1n) is 5.27. The second-order valence-corrected chi connectivity index (χ2v) is 6.08. The molecule has 4 heteroatoms. The number of hydrogen-bond acceptors (Lipinski definition) is 1. The van der Waals surface area contributed by atoms with Crippen molar-refractivity contribution in [1.82, 2.24) is 0 Å². The maximum Gasteiger partial charge on any atom is 0.0507 e. The Bertz CT molecular complexity index is 731. The third-order valence-corrected chi connectivity index (χ3v) is 4.57. The summed E-state index contributed by atoms with van der Waals surface area (Å²) in [6, 6.07) is 11.4. The van der Waals surface area contributed by atoms with E-state index in [1.54, 1.807) is 17.4 Å². The predicted molar refractivity (Wildman–Crippen MR) is 82.3 cm³/mol. The summed E-state index contributed by atoms with van der Waals surface area (Å²) in [7, 11) is 0. The standard InChI is InChI=1S/C14H7Cl3S/c15-9-1-3-11-8(5-9)7-18-14(11)12-4-2-10(16)6-13(12)17/h1-7H. The highest BCUT2D eigenvalue weighted by molar-refractivity contribution is 7.15. The topological polar surface area (TPSA) is 0 Å². The van der Waals surface area contributed by atoms with Crippen LogP contribution in [0.25, 0.3) is 21.2 Å². The van der Waals surface area contributed by atoms with Gasteiger partial charge in [0.1, 0.15) is 0 Å². The largest absolute Gasteiger partial charge is 0.142 e. The van der Waals surface area contributed by atoms with Crippen molar-refractivity contribution in [2.45, 2.75) is 0 Å².